The van der Waals surface area contributed by atoms with Crippen LogP contribution in [0.5, 0.6) is 5.75 Å². The highest BCUT2D eigenvalue weighted by atomic mass is 16.5. The van der Waals surface area contributed by atoms with E-state index in [-0.39, 0.29) is 0 Å². The molecule has 2 rings (SSSR count). The summed E-state index contributed by atoms with van der Waals surface area (Å²) in [6, 6.07) is 3.94. The van der Waals surface area contributed by atoms with Crippen molar-refractivity contribution in [2.45, 2.75) is 26.5 Å². The minimum atomic E-state index is -0.538. The maximum atomic E-state index is 10.3. The van der Waals surface area contributed by atoms with Crippen LogP contribution in [0.1, 0.15) is 22.8 Å². The maximum absolute atomic E-state index is 10.3. The first-order valence-corrected chi connectivity index (χ1v) is 5.90. The zero-order valence-electron chi connectivity index (χ0n) is 10.9. The molecule has 0 amide bonds. The normalized spacial score (nSPS) is 12.4. The average molecular weight is 246 g/mol. The number of aliphatic hydroxyl groups is 1. The summed E-state index contributed by atoms with van der Waals surface area (Å²) in [6.07, 6.45) is 4.71. The molecular formula is C14H18N2O2. The van der Waals surface area contributed by atoms with Crippen LogP contribution in [0.4, 0.5) is 0 Å². The predicted octanol–water partition coefficient (Wildman–Crippen LogP) is 2.24. The summed E-state index contributed by atoms with van der Waals surface area (Å²) in [7, 11) is 1.66. The second kappa shape index (κ2) is 5.23. The molecular weight excluding hydrogens is 228 g/mol. The highest BCUT2D eigenvalue weighted by molar-refractivity contribution is 5.42. The Balaban J connectivity index is 2.25. The molecule has 0 saturated heterocycles. The van der Waals surface area contributed by atoms with E-state index in [4.69, 9.17) is 4.74 Å². The summed E-state index contributed by atoms with van der Waals surface area (Å²) in [6.45, 7) is 4.47. The van der Waals surface area contributed by atoms with Crippen molar-refractivity contribution in [2.75, 3.05) is 7.11 Å². The van der Waals surface area contributed by atoms with Crippen molar-refractivity contribution in [3.63, 3.8) is 0 Å². The standard InChI is InChI=1S/C14H18N2O2/c1-10-7-14(18-3)11(2)6-12(10)13(17)8-16-5-4-15-9-16/h4-7,9,13,17H,8H2,1-3H3. The number of aromatic nitrogens is 2. The third-order valence-corrected chi connectivity index (χ3v) is 3.09. The van der Waals surface area contributed by atoms with Crippen molar-refractivity contribution < 1.29 is 9.84 Å². The minimum absolute atomic E-state index is 0.507. The van der Waals surface area contributed by atoms with Crippen LogP contribution in [0.2, 0.25) is 0 Å². The van der Waals surface area contributed by atoms with Gasteiger partial charge < -0.3 is 14.4 Å². The van der Waals surface area contributed by atoms with E-state index in [1.807, 2.05) is 36.7 Å². The van der Waals surface area contributed by atoms with E-state index in [1.165, 1.54) is 0 Å². The van der Waals surface area contributed by atoms with Gasteiger partial charge in [0.05, 0.1) is 26.1 Å². The van der Waals surface area contributed by atoms with Crippen LogP contribution in [-0.4, -0.2) is 21.8 Å². The third kappa shape index (κ3) is 2.54. The van der Waals surface area contributed by atoms with Crippen LogP contribution >= 0.6 is 0 Å². The summed E-state index contributed by atoms with van der Waals surface area (Å²) in [5, 5.41) is 10.3. The van der Waals surface area contributed by atoms with Crippen LogP contribution in [0.15, 0.2) is 30.9 Å². The van der Waals surface area contributed by atoms with Crippen molar-refractivity contribution in [3.8, 4) is 5.75 Å². The topological polar surface area (TPSA) is 47.3 Å². The molecule has 1 unspecified atom stereocenters. The highest BCUT2D eigenvalue weighted by Gasteiger charge is 2.13. The van der Waals surface area contributed by atoms with Gasteiger partial charge in [0.15, 0.2) is 0 Å². The van der Waals surface area contributed by atoms with E-state index in [0.717, 1.165) is 22.4 Å². The summed E-state index contributed by atoms with van der Waals surface area (Å²) < 4.78 is 7.13. The van der Waals surface area contributed by atoms with Crippen LogP contribution < -0.4 is 4.74 Å². The van der Waals surface area contributed by atoms with Gasteiger partial charge in [-0.05, 0) is 42.7 Å². The first kappa shape index (κ1) is 12.6. The molecule has 0 aliphatic rings. The van der Waals surface area contributed by atoms with E-state index < -0.39 is 6.10 Å². The molecule has 0 radical (unpaired) electrons. The molecule has 0 spiro atoms. The lowest BCUT2D eigenvalue weighted by molar-refractivity contribution is 0.155. The highest BCUT2D eigenvalue weighted by Crippen LogP contribution is 2.27. The van der Waals surface area contributed by atoms with E-state index in [1.54, 1.807) is 19.6 Å². The number of imidazole rings is 1. The molecule has 4 nitrogen and oxygen atoms in total. The number of aryl methyl sites for hydroxylation is 2. The molecule has 96 valence electrons. The van der Waals surface area contributed by atoms with Crippen molar-refractivity contribution in [1.82, 2.24) is 9.55 Å². The van der Waals surface area contributed by atoms with Gasteiger partial charge in [0.25, 0.3) is 0 Å². The predicted molar refractivity (Wildman–Crippen MR) is 69.7 cm³/mol. The van der Waals surface area contributed by atoms with Crippen LogP contribution in [-0.2, 0) is 6.54 Å². The average Bonchev–Trinajstić information content (AvgIpc) is 2.84. The zero-order chi connectivity index (χ0) is 13.1. The fourth-order valence-electron chi connectivity index (χ4n) is 2.08. The van der Waals surface area contributed by atoms with Crippen molar-refractivity contribution >= 4 is 0 Å². The van der Waals surface area contributed by atoms with Gasteiger partial charge in [-0.2, -0.15) is 0 Å². The Bertz CT molecular complexity index is 521. The molecule has 0 fully saturated rings. The lowest BCUT2D eigenvalue weighted by Crippen LogP contribution is -2.09. The minimum Gasteiger partial charge on any atom is -0.496 e. The lowest BCUT2D eigenvalue weighted by Gasteiger charge is -2.16. The fraction of sp³-hybridized carbons (Fsp3) is 0.357. The number of hydrogen-bond donors (Lipinski definition) is 1. The first-order chi connectivity index (χ1) is 8.61. The first-order valence-electron chi connectivity index (χ1n) is 5.90. The van der Waals surface area contributed by atoms with Gasteiger partial charge >= 0.3 is 0 Å². The van der Waals surface area contributed by atoms with Crippen LogP contribution in [0, 0.1) is 13.8 Å². The van der Waals surface area contributed by atoms with Crippen LogP contribution in [0.3, 0.4) is 0 Å². The number of ether oxygens (including phenoxy) is 1. The SMILES string of the molecule is COc1cc(C)c(C(O)Cn2ccnc2)cc1C. The molecule has 1 heterocycles. The van der Waals surface area contributed by atoms with Gasteiger partial charge in [-0.1, -0.05) is 0 Å². The van der Waals surface area contributed by atoms with Crippen molar-refractivity contribution in [3.05, 3.63) is 47.5 Å². The molecule has 1 atom stereocenters. The summed E-state index contributed by atoms with van der Waals surface area (Å²) in [5.74, 6) is 0.853. The molecule has 0 aliphatic heterocycles. The van der Waals surface area contributed by atoms with Crippen LogP contribution in [0.25, 0.3) is 0 Å². The Labute approximate surface area is 107 Å². The van der Waals surface area contributed by atoms with Gasteiger partial charge in [-0.25, -0.2) is 4.98 Å². The number of hydrogen-bond acceptors (Lipinski definition) is 3. The van der Waals surface area contributed by atoms with Gasteiger partial charge in [-0.15, -0.1) is 0 Å². The molecule has 1 N–H and O–H groups in total. The number of aliphatic hydroxyl groups excluding tert-OH is 1. The summed E-state index contributed by atoms with van der Waals surface area (Å²) in [4.78, 5) is 3.97. The zero-order valence-corrected chi connectivity index (χ0v) is 10.9. The van der Waals surface area contributed by atoms with E-state index in [2.05, 4.69) is 4.98 Å². The van der Waals surface area contributed by atoms with Gasteiger partial charge in [0, 0.05) is 12.4 Å². The largest absolute Gasteiger partial charge is 0.496 e. The second-order valence-electron chi connectivity index (χ2n) is 4.45. The molecule has 0 aliphatic carbocycles. The molecule has 1 aromatic carbocycles. The Hall–Kier alpha value is -1.81. The smallest absolute Gasteiger partial charge is 0.122 e. The molecule has 18 heavy (non-hydrogen) atoms. The molecule has 0 bridgehead atoms. The Kier molecular flexibility index (Phi) is 3.67. The molecule has 1 aromatic heterocycles. The number of methoxy groups -OCH3 is 1. The Morgan fingerprint density at radius 1 is 1.33 bits per heavy atom. The summed E-state index contributed by atoms with van der Waals surface area (Å²) in [5.41, 5.74) is 3.00. The third-order valence-electron chi connectivity index (χ3n) is 3.09. The number of rotatable bonds is 4. The van der Waals surface area contributed by atoms with E-state index in [9.17, 15) is 5.11 Å². The molecule has 2 aromatic rings. The lowest BCUT2D eigenvalue weighted by atomic mass is 10.00. The van der Waals surface area contributed by atoms with Crippen molar-refractivity contribution in [2.24, 2.45) is 0 Å². The number of nitrogens with zero attached hydrogens (tertiary/aromatic N) is 2. The van der Waals surface area contributed by atoms with E-state index >= 15 is 0 Å². The quantitative estimate of drug-likeness (QED) is 0.900. The number of benzene rings is 1. The van der Waals surface area contributed by atoms with E-state index in [0.29, 0.717) is 6.54 Å². The second-order valence-corrected chi connectivity index (χ2v) is 4.45. The fourth-order valence-corrected chi connectivity index (χ4v) is 2.08. The monoisotopic (exact) mass is 246 g/mol. The van der Waals surface area contributed by atoms with Gasteiger partial charge in [0.1, 0.15) is 5.75 Å². The van der Waals surface area contributed by atoms with Gasteiger partial charge in [-0.3, -0.25) is 0 Å². The van der Waals surface area contributed by atoms with Crippen molar-refractivity contribution in [1.29, 1.82) is 0 Å². The summed E-state index contributed by atoms with van der Waals surface area (Å²) >= 11 is 0. The van der Waals surface area contributed by atoms with Gasteiger partial charge in [0.2, 0.25) is 0 Å². The Morgan fingerprint density at radius 2 is 2.11 bits per heavy atom. The maximum Gasteiger partial charge on any atom is 0.122 e. The molecule has 0 saturated carbocycles. The Morgan fingerprint density at radius 3 is 2.72 bits per heavy atom. The molecule has 4 heteroatoms.